The molecule has 2 rings (SSSR count). The largest absolute Gasteiger partial charge is 0.450 e. The van der Waals surface area contributed by atoms with Crippen molar-refractivity contribution in [2.24, 2.45) is 0 Å². The van der Waals surface area contributed by atoms with Gasteiger partial charge < -0.3 is 25.0 Å². The van der Waals surface area contributed by atoms with Gasteiger partial charge in [0, 0.05) is 6.20 Å². The normalized spacial score (nSPS) is 31.4. The van der Waals surface area contributed by atoms with E-state index < -0.39 is 48.7 Å². The summed E-state index contributed by atoms with van der Waals surface area (Å²) >= 11 is 0. The van der Waals surface area contributed by atoms with Crippen LogP contribution in [-0.2, 0) is 9.47 Å². The summed E-state index contributed by atoms with van der Waals surface area (Å²) in [7, 11) is 0. The third-order valence-corrected chi connectivity index (χ3v) is 4.29. The Labute approximate surface area is 151 Å². The van der Waals surface area contributed by atoms with Crippen LogP contribution in [0.25, 0.3) is 0 Å². The minimum atomic E-state index is -1.38. The first kappa shape index (κ1) is 20.4. The molecule has 2 aliphatic heterocycles. The number of amides is 3. The molecule has 2 aliphatic rings. The molecular weight excluding hydrogens is 349 g/mol. The van der Waals surface area contributed by atoms with Gasteiger partial charge in [-0.1, -0.05) is 26.2 Å². The summed E-state index contributed by atoms with van der Waals surface area (Å²) in [6.07, 6.45) is -2.16. The van der Waals surface area contributed by atoms with Crippen molar-refractivity contribution in [3.05, 3.63) is 12.0 Å². The van der Waals surface area contributed by atoms with Crippen molar-refractivity contribution in [1.82, 2.24) is 15.5 Å². The van der Waals surface area contributed by atoms with Crippen LogP contribution in [0.4, 0.5) is 14.0 Å². The summed E-state index contributed by atoms with van der Waals surface area (Å²) in [5.41, 5.74) is 0. The number of rotatable bonds is 7. The molecule has 1 fully saturated rings. The van der Waals surface area contributed by atoms with E-state index in [4.69, 9.17) is 9.47 Å². The van der Waals surface area contributed by atoms with Crippen LogP contribution in [-0.4, -0.2) is 64.5 Å². The van der Waals surface area contributed by atoms with Crippen LogP contribution >= 0.6 is 0 Å². The van der Waals surface area contributed by atoms with E-state index >= 15 is 0 Å². The van der Waals surface area contributed by atoms with E-state index in [0.717, 1.165) is 30.4 Å². The van der Waals surface area contributed by atoms with Crippen molar-refractivity contribution in [3.63, 3.8) is 0 Å². The molecule has 0 aromatic carbocycles. The number of aliphatic hydroxyl groups is 2. The van der Waals surface area contributed by atoms with E-state index in [2.05, 4.69) is 17.6 Å². The third-order valence-electron chi connectivity index (χ3n) is 4.29. The highest BCUT2D eigenvalue weighted by Crippen LogP contribution is 2.26. The fourth-order valence-electron chi connectivity index (χ4n) is 2.74. The molecule has 0 spiro atoms. The second-order valence-electron chi connectivity index (χ2n) is 6.36. The molecule has 3 amide bonds. The molecule has 148 valence electrons. The number of hydrogen-bond donors (Lipinski definition) is 4. The van der Waals surface area contributed by atoms with Crippen LogP contribution < -0.4 is 10.6 Å². The van der Waals surface area contributed by atoms with Gasteiger partial charge in [0.05, 0.1) is 12.7 Å². The summed E-state index contributed by atoms with van der Waals surface area (Å²) in [6, 6.07) is -0.787. The van der Waals surface area contributed by atoms with Crippen molar-refractivity contribution < 1.29 is 33.7 Å². The smallest absolute Gasteiger partial charge is 0.409 e. The van der Waals surface area contributed by atoms with Gasteiger partial charge in [-0.3, -0.25) is 10.2 Å². The Kier molecular flexibility index (Phi) is 7.18. The Morgan fingerprint density at radius 2 is 2.12 bits per heavy atom. The molecule has 0 bridgehead atoms. The van der Waals surface area contributed by atoms with Gasteiger partial charge in [0.15, 0.2) is 18.2 Å². The topological polar surface area (TPSA) is 120 Å². The number of unbranched alkanes of at least 4 members (excludes halogenated alkanes) is 3. The quantitative estimate of drug-likeness (QED) is 0.491. The molecule has 1 saturated heterocycles. The lowest BCUT2D eigenvalue weighted by atomic mass is 10.1. The Morgan fingerprint density at radius 1 is 1.38 bits per heavy atom. The van der Waals surface area contributed by atoms with Gasteiger partial charge in [-0.2, -0.15) is 0 Å². The number of ether oxygens (including phenoxy) is 2. The van der Waals surface area contributed by atoms with E-state index in [0.29, 0.717) is 6.42 Å². The number of halogens is 1. The molecule has 26 heavy (non-hydrogen) atoms. The van der Waals surface area contributed by atoms with Gasteiger partial charge in [-0.15, -0.1) is 0 Å². The zero-order valence-corrected chi connectivity index (χ0v) is 14.9. The van der Waals surface area contributed by atoms with Crippen LogP contribution in [0.1, 0.15) is 39.5 Å². The maximum atomic E-state index is 14.2. The molecule has 9 nitrogen and oxygen atoms in total. The second-order valence-corrected chi connectivity index (χ2v) is 6.36. The number of nitrogens with zero attached hydrogens (tertiary/aromatic N) is 1. The number of alkyl carbamates (subject to hydrolysis) is 1. The molecule has 0 aliphatic carbocycles. The van der Waals surface area contributed by atoms with Gasteiger partial charge in [0.1, 0.15) is 12.2 Å². The molecular formula is C16H26FN3O6. The summed E-state index contributed by atoms with van der Waals surface area (Å²) in [4.78, 5) is 24.6. The molecule has 10 heteroatoms. The van der Waals surface area contributed by atoms with Crippen molar-refractivity contribution in [2.75, 3.05) is 6.61 Å². The van der Waals surface area contributed by atoms with Crippen LogP contribution in [0.5, 0.6) is 0 Å². The van der Waals surface area contributed by atoms with Gasteiger partial charge in [0.25, 0.3) is 0 Å². The number of urea groups is 1. The first-order chi connectivity index (χ1) is 12.3. The summed E-state index contributed by atoms with van der Waals surface area (Å²) in [6.45, 7) is 3.80. The second kappa shape index (κ2) is 9.15. The van der Waals surface area contributed by atoms with Gasteiger partial charge in [0.2, 0.25) is 0 Å². The van der Waals surface area contributed by atoms with Crippen molar-refractivity contribution in [1.29, 1.82) is 0 Å². The fraction of sp³-hybridized carbons (Fsp3) is 0.750. The summed E-state index contributed by atoms with van der Waals surface area (Å²) in [5.74, 6) is -0.864. The average Bonchev–Trinajstić information content (AvgIpc) is 2.85. The van der Waals surface area contributed by atoms with Gasteiger partial charge in [-0.05, 0) is 13.3 Å². The number of carbonyl (C=O) groups excluding carboxylic acids is 2. The van der Waals surface area contributed by atoms with Crippen LogP contribution in [0.2, 0.25) is 0 Å². The highest BCUT2D eigenvalue weighted by molar-refractivity contribution is 5.79. The summed E-state index contributed by atoms with van der Waals surface area (Å²) in [5, 5.41) is 24.1. The maximum absolute atomic E-state index is 14.2. The Hall–Kier alpha value is -1.91. The minimum absolute atomic E-state index is 0.210. The van der Waals surface area contributed by atoms with Crippen molar-refractivity contribution in [3.8, 4) is 0 Å². The highest BCUT2D eigenvalue weighted by atomic mass is 19.1. The molecule has 2 heterocycles. The minimum Gasteiger partial charge on any atom is -0.450 e. The lowest BCUT2D eigenvalue weighted by Gasteiger charge is -2.33. The van der Waals surface area contributed by atoms with Crippen molar-refractivity contribution in [2.45, 2.75) is 70.2 Å². The Morgan fingerprint density at radius 3 is 2.73 bits per heavy atom. The first-order valence-electron chi connectivity index (χ1n) is 8.76. The number of hydrogen-bond acceptors (Lipinski definition) is 6. The Bertz CT molecular complexity index is 546. The standard InChI is InChI=1S/C16H26FN3O6/c1-3-4-5-6-7-25-16(24)19-13-10(17)8-20(15(23)18-13)14-12(22)11(21)9(2)26-14/h8-9,11-14,21-22H,3-7H2,1-2H3,(H,18,23)(H,19,24)/t9-,11-,12-,13?,14-/m1/s1. The van der Waals surface area contributed by atoms with Crippen LogP contribution in [0.15, 0.2) is 12.0 Å². The molecule has 0 radical (unpaired) electrons. The van der Waals surface area contributed by atoms with E-state index in [1.807, 2.05) is 0 Å². The molecule has 5 atom stereocenters. The van der Waals surface area contributed by atoms with E-state index in [9.17, 15) is 24.2 Å². The predicted octanol–water partition coefficient (Wildman–Crippen LogP) is 0.922. The molecule has 0 aromatic rings. The average molecular weight is 375 g/mol. The zero-order chi connectivity index (χ0) is 19.3. The number of nitrogens with one attached hydrogen (secondary N) is 2. The fourth-order valence-corrected chi connectivity index (χ4v) is 2.74. The van der Waals surface area contributed by atoms with Crippen LogP contribution in [0, 0.1) is 0 Å². The monoisotopic (exact) mass is 375 g/mol. The first-order valence-corrected chi connectivity index (χ1v) is 8.76. The van der Waals surface area contributed by atoms with Gasteiger partial charge in [-0.25, -0.2) is 14.0 Å². The highest BCUT2D eigenvalue weighted by Gasteiger charge is 2.46. The lowest BCUT2D eigenvalue weighted by molar-refractivity contribution is -0.0517. The summed E-state index contributed by atoms with van der Waals surface area (Å²) < 4.78 is 24.5. The molecule has 0 aromatic heterocycles. The molecule has 4 N–H and O–H groups in total. The van der Waals surface area contributed by atoms with Gasteiger partial charge >= 0.3 is 12.1 Å². The molecule has 1 unspecified atom stereocenters. The number of carbonyl (C=O) groups is 2. The van der Waals surface area contributed by atoms with E-state index in [1.54, 1.807) is 0 Å². The maximum Gasteiger partial charge on any atom is 0.409 e. The third kappa shape index (κ3) is 4.83. The lowest BCUT2D eigenvalue weighted by Crippen LogP contribution is -2.58. The number of aliphatic hydroxyl groups excluding tert-OH is 2. The SMILES string of the molecule is CCCCCCOC(=O)NC1NC(=O)N([C@@H]2O[C@H](C)[C@@H](O)[C@H]2O)C=C1F. The predicted molar refractivity (Wildman–Crippen MR) is 88.3 cm³/mol. The van der Waals surface area contributed by atoms with E-state index in [-0.39, 0.29) is 6.61 Å². The Balaban J connectivity index is 1.88. The van der Waals surface area contributed by atoms with Crippen molar-refractivity contribution >= 4 is 12.1 Å². The molecule has 0 saturated carbocycles. The zero-order valence-electron chi connectivity index (χ0n) is 14.9. The van der Waals surface area contributed by atoms with Crippen LogP contribution in [0.3, 0.4) is 0 Å². The van der Waals surface area contributed by atoms with E-state index in [1.165, 1.54) is 6.92 Å².